The van der Waals surface area contributed by atoms with Crippen LogP contribution >= 0.6 is 0 Å². The van der Waals surface area contributed by atoms with Gasteiger partial charge >= 0.3 is 0 Å². The van der Waals surface area contributed by atoms with Gasteiger partial charge in [-0.15, -0.1) is 0 Å². The average molecular weight is 298 g/mol. The van der Waals surface area contributed by atoms with Gasteiger partial charge in [-0.1, -0.05) is 6.92 Å². The van der Waals surface area contributed by atoms with E-state index in [0.717, 1.165) is 42.2 Å². The first-order valence-corrected chi connectivity index (χ1v) is 7.81. The Morgan fingerprint density at radius 2 is 2.18 bits per heavy atom. The largest absolute Gasteiger partial charge is 0.461 e. The molecule has 1 aliphatic rings. The molecule has 2 aromatic rings. The highest BCUT2D eigenvalue weighted by atomic mass is 16.3. The van der Waals surface area contributed by atoms with Crippen molar-refractivity contribution < 1.29 is 9.21 Å². The zero-order valence-electron chi connectivity index (χ0n) is 13.1. The Hall–Kier alpha value is -2.07. The molecule has 1 unspecified atom stereocenters. The number of nitrogens with two attached hydrogens (primary N) is 1. The van der Waals surface area contributed by atoms with Crippen LogP contribution in [0.15, 0.2) is 34.7 Å². The van der Waals surface area contributed by atoms with Crippen molar-refractivity contribution >= 4 is 11.6 Å². The molecule has 1 atom stereocenters. The van der Waals surface area contributed by atoms with Gasteiger partial charge in [0.05, 0.1) is 0 Å². The molecule has 1 aliphatic heterocycles. The number of hydrogen-bond acceptors (Lipinski definition) is 3. The van der Waals surface area contributed by atoms with E-state index in [9.17, 15) is 4.79 Å². The van der Waals surface area contributed by atoms with E-state index in [1.54, 1.807) is 6.92 Å². The first kappa shape index (κ1) is 14.9. The van der Waals surface area contributed by atoms with E-state index in [4.69, 9.17) is 10.2 Å². The average Bonchev–Trinajstić information content (AvgIpc) is 3.13. The number of fused-ring (bicyclic) bond motifs is 1. The molecule has 2 N–H and O–H groups in total. The van der Waals surface area contributed by atoms with Crippen LogP contribution in [0.5, 0.6) is 0 Å². The predicted octanol–water partition coefficient (Wildman–Crippen LogP) is 3.31. The van der Waals surface area contributed by atoms with E-state index in [1.807, 2.05) is 29.2 Å². The van der Waals surface area contributed by atoms with Gasteiger partial charge in [0.25, 0.3) is 0 Å². The third-order valence-electron chi connectivity index (χ3n) is 4.35. The van der Waals surface area contributed by atoms with Crippen LogP contribution in [-0.4, -0.2) is 19.0 Å². The summed E-state index contributed by atoms with van der Waals surface area (Å²) < 4.78 is 5.98. The van der Waals surface area contributed by atoms with Crippen LogP contribution in [0.1, 0.15) is 37.5 Å². The summed E-state index contributed by atoms with van der Waals surface area (Å²) in [6.45, 7) is 5.17. The SMILES string of the molecule is CC(=O)N1CCc2cc(-c3ccc(C(C)CCN)o3)ccc21. The van der Waals surface area contributed by atoms with Crippen LogP contribution < -0.4 is 10.6 Å². The van der Waals surface area contributed by atoms with Crippen molar-refractivity contribution in [3.8, 4) is 11.3 Å². The third-order valence-corrected chi connectivity index (χ3v) is 4.35. The Morgan fingerprint density at radius 1 is 1.36 bits per heavy atom. The second kappa shape index (κ2) is 5.97. The van der Waals surface area contributed by atoms with Gasteiger partial charge in [-0.2, -0.15) is 0 Å². The number of nitrogens with zero attached hydrogens (tertiary/aromatic N) is 1. The number of carbonyl (C=O) groups excluding carboxylic acids is 1. The summed E-state index contributed by atoms with van der Waals surface area (Å²) in [5.74, 6) is 2.29. The standard InChI is InChI=1S/C18H22N2O2/c1-12(7-9-19)17-5-6-18(22-17)15-3-4-16-14(11-15)8-10-20(16)13(2)21/h3-6,11-12H,7-10,19H2,1-2H3. The zero-order valence-corrected chi connectivity index (χ0v) is 13.1. The highest BCUT2D eigenvalue weighted by Crippen LogP contribution is 2.34. The monoisotopic (exact) mass is 298 g/mol. The van der Waals surface area contributed by atoms with Crippen molar-refractivity contribution in [1.82, 2.24) is 0 Å². The number of amides is 1. The summed E-state index contributed by atoms with van der Waals surface area (Å²) in [7, 11) is 0. The molecule has 0 radical (unpaired) electrons. The summed E-state index contributed by atoms with van der Waals surface area (Å²) in [6, 6.07) is 10.2. The van der Waals surface area contributed by atoms with Gasteiger partial charge in [0, 0.05) is 30.6 Å². The van der Waals surface area contributed by atoms with Crippen LogP contribution in [0.25, 0.3) is 11.3 Å². The molecule has 1 aromatic heterocycles. The highest BCUT2D eigenvalue weighted by molar-refractivity contribution is 5.94. The quantitative estimate of drug-likeness (QED) is 0.942. The fourth-order valence-corrected chi connectivity index (χ4v) is 3.05. The summed E-state index contributed by atoms with van der Waals surface area (Å²) in [6.07, 6.45) is 1.82. The van der Waals surface area contributed by atoms with Gasteiger partial charge in [-0.25, -0.2) is 0 Å². The van der Waals surface area contributed by atoms with Crippen LogP contribution in [0.3, 0.4) is 0 Å². The summed E-state index contributed by atoms with van der Waals surface area (Å²) in [5.41, 5.74) is 8.91. The lowest BCUT2D eigenvalue weighted by Gasteiger charge is -2.14. The number of anilines is 1. The maximum Gasteiger partial charge on any atom is 0.223 e. The van der Waals surface area contributed by atoms with Crippen LogP contribution in [0.2, 0.25) is 0 Å². The molecule has 4 nitrogen and oxygen atoms in total. The lowest BCUT2D eigenvalue weighted by atomic mass is 10.1. The van der Waals surface area contributed by atoms with Gasteiger partial charge in [-0.3, -0.25) is 4.79 Å². The van der Waals surface area contributed by atoms with Gasteiger partial charge in [-0.05, 0) is 55.3 Å². The van der Waals surface area contributed by atoms with Crippen LogP contribution in [0, 0.1) is 0 Å². The van der Waals surface area contributed by atoms with Crippen molar-refractivity contribution in [2.45, 2.75) is 32.6 Å². The molecule has 2 heterocycles. The van der Waals surface area contributed by atoms with E-state index < -0.39 is 0 Å². The topological polar surface area (TPSA) is 59.5 Å². The van der Waals surface area contributed by atoms with Crippen molar-refractivity contribution in [1.29, 1.82) is 0 Å². The molecule has 0 spiro atoms. The Morgan fingerprint density at radius 3 is 2.91 bits per heavy atom. The Balaban J connectivity index is 1.86. The molecule has 22 heavy (non-hydrogen) atoms. The molecule has 116 valence electrons. The Bertz CT molecular complexity index is 690. The predicted molar refractivity (Wildman–Crippen MR) is 88.0 cm³/mol. The fourth-order valence-electron chi connectivity index (χ4n) is 3.05. The fraction of sp³-hybridized carbons (Fsp3) is 0.389. The molecule has 0 saturated heterocycles. The second-order valence-corrected chi connectivity index (χ2v) is 5.94. The highest BCUT2D eigenvalue weighted by Gasteiger charge is 2.22. The normalized spacial score (nSPS) is 15.0. The van der Waals surface area contributed by atoms with Gasteiger partial charge in [0.15, 0.2) is 0 Å². The first-order chi connectivity index (χ1) is 10.6. The molecule has 0 bridgehead atoms. The van der Waals surface area contributed by atoms with E-state index in [-0.39, 0.29) is 5.91 Å². The maximum absolute atomic E-state index is 11.6. The molecule has 0 saturated carbocycles. The second-order valence-electron chi connectivity index (χ2n) is 5.94. The number of hydrogen-bond donors (Lipinski definition) is 1. The summed E-state index contributed by atoms with van der Waals surface area (Å²) in [4.78, 5) is 13.4. The van der Waals surface area contributed by atoms with E-state index in [1.165, 1.54) is 5.56 Å². The summed E-state index contributed by atoms with van der Waals surface area (Å²) in [5, 5.41) is 0. The Labute approximate surface area is 130 Å². The van der Waals surface area contributed by atoms with Gasteiger partial charge in [0.1, 0.15) is 11.5 Å². The number of benzene rings is 1. The van der Waals surface area contributed by atoms with Crippen LogP contribution in [-0.2, 0) is 11.2 Å². The van der Waals surface area contributed by atoms with Gasteiger partial charge in [0.2, 0.25) is 5.91 Å². The lowest BCUT2D eigenvalue weighted by molar-refractivity contribution is -0.116. The molecule has 1 amide bonds. The van der Waals surface area contributed by atoms with E-state index in [0.29, 0.717) is 12.5 Å². The number of rotatable bonds is 4. The molecule has 0 aliphatic carbocycles. The van der Waals surface area contributed by atoms with Crippen molar-refractivity contribution in [2.75, 3.05) is 18.0 Å². The maximum atomic E-state index is 11.6. The van der Waals surface area contributed by atoms with E-state index >= 15 is 0 Å². The third kappa shape index (κ3) is 2.66. The van der Waals surface area contributed by atoms with Crippen molar-refractivity contribution in [2.24, 2.45) is 5.73 Å². The smallest absolute Gasteiger partial charge is 0.223 e. The van der Waals surface area contributed by atoms with Crippen molar-refractivity contribution in [3.05, 3.63) is 41.7 Å². The minimum Gasteiger partial charge on any atom is -0.461 e. The number of carbonyl (C=O) groups is 1. The van der Waals surface area contributed by atoms with Crippen LogP contribution in [0.4, 0.5) is 5.69 Å². The minimum atomic E-state index is 0.0994. The first-order valence-electron chi connectivity index (χ1n) is 7.81. The van der Waals surface area contributed by atoms with Gasteiger partial charge < -0.3 is 15.1 Å². The number of furan rings is 1. The molecule has 0 fully saturated rings. The minimum absolute atomic E-state index is 0.0994. The molecule has 1 aromatic carbocycles. The zero-order chi connectivity index (χ0) is 15.7. The molecule has 3 rings (SSSR count). The van der Waals surface area contributed by atoms with E-state index in [2.05, 4.69) is 13.0 Å². The molecular weight excluding hydrogens is 276 g/mol. The molecule has 4 heteroatoms. The van der Waals surface area contributed by atoms with Crippen molar-refractivity contribution in [3.63, 3.8) is 0 Å². The lowest BCUT2D eigenvalue weighted by Crippen LogP contribution is -2.25. The summed E-state index contributed by atoms with van der Waals surface area (Å²) >= 11 is 0. The Kier molecular flexibility index (Phi) is 4.03. The molecular formula is C18H22N2O2.